The lowest BCUT2D eigenvalue weighted by Gasteiger charge is -2.09. The van der Waals surface area contributed by atoms with Crippen molar-refractivity contribution < 1.29 is 13.6 Å². The first-order valence-corrected chi connectivity index (χ1v) is 6.43. The Balaban J connectivity index is 2.28. The van der Waals surface area contributed by atoms with Crippen molar-refractivity contribution in [2.24, 2.45) is 0 Å². The first-order valence-electron chi connectivity index (χ1n) is 6.43. The van der Waals surface area contributed by atoms with Gasteiger partial charge in [0, 0.05) is 12.0 Å². The predicted molar refractivity (Wildman–Crippen MR) is 75.0 cm³/mol. The highest BCUT2D eigenvalue weighted by Crippen LogP contribution is 2.18. The van der Waals surface area contributed by atoms with Crippen LogP contribution in [0.2, 0.25) is 0 Å². The van der Waals surface area contributed by atoms with E-state index in [4.69, 9.17) is 0 Å². The summed E-state index contributed by atoms with van der Waals surface area (Å²) in [6.45, 7) is 5.82. The minimum Gasteiger partial charge on any atom is -0.294 e. The van der Waals surface area contributed by atoms with Gasteiger partial charge in [0.1, 0.15) is 0 Å². The first kappa shape index (κ1) is 14.4. The molecule has 0 atom stereocenters. The van der Waals surface area contributed by atoms with Crippen LogP contribution in [0.1, 0.15) is 32.6 Å². The fraction of sp³-hybridized carbons (Fsp3) is 0.235. The third-order valence-electron chi connectivity index (χ3n) is 3.49. The molecule has 20 heavy (non-hydrogen) atoms. The van der Waals surface area contributed by atoms with Gasteiger partial charge in [-0.3, -0.25) is 4.79 Å². The van der Waals surface area contributed by atoms with Gasteiger partial charge in [-0.15, -0.1) is 0 Å². The number of hydrogen-bond acceptors (Lipinski definition) is 1. The molecule has 0 N–H and O–H groups in total. The molecule has 0 saturated carbocycles. The number of benzene rings is 2. The molecular weight excluding hydrogens is 258 g/mol. The van der Waals surface area contributed by atoms with Gasteiger partial charge in [0.15, 0.2) is 17.4 Å². The van der Waals surface area contributed by atoms with Gasteiger partial charge >= 0.3 is 0 Å². The van der Waals surface area contributed by atoms with Gasteiger partial charge in [-0.2, -0.15) is 0 Å². The van der Waals surface area contributed by atoms with Crippen LogP contribution in [0.15, 0.2) is 30.3 Å². The molecule has 0 heterocycles. The summed E-state index contributed by atoms with van der Waals surface area (Å²) in [4.78, 5) is 12.3. The summed E-state index contributed by atoms with van der Waals surface area (Å²) < 4.78 is 26.0. The standard InChI is InChI=1S/C17H16F2O/c1-10-6-12(3)14(7-11(10)2)17(20)9-13-4-5-15(18)16(19)8-13/h4-8H,9H2,1-3H3. The lowest BCUT2D eigenvalue weighted by Crippen LogP contribution is -2.07. The third kappa shape index (κ3) is 2.93. The summed E-state index contributed by atoms with van der Waals surface area (Å²) in [6.07, 6.45) is 0.0700. The number of hydrogen-bond donors (Lipinski definition) is 0. The zero-order valence-corrected chi connectivity index (χ0v) is 11.8. The molecule has 2 aromatic rings. The molecule has 0 saturated heterocycles. The number of carbonyl (C=O) groups is 1. The zero-order valence-electron chi connectivity index (χ0n) is 11.8. The van der Waals surface area contributed by atoms with E-state index in [0.29, 0.717) is 11.1 Å². The third-order valence-corrected chi connectivity index (χ3v) is 3.49. The van der Waals surface area contributed by atoms with Crippen LogP contribution in [-0.4, -0.2) is 5.78 Å². The van der Waals surface area contributed by atoms with Gasteiger partial charge in [-0.05, 0) is 61.2 Å². The molecule has 104 valence electrons. The van der Waals surface area contributed by atoms with Gasteiger partial charge in [0.25, 0.3) is 0 Å². The van der Waals surface area contributed by atoms with Crippen molar-refractivity contribution in [1.82, 2.24) is 0 Å². The quantitative estimate of drug-likeness (QED) is 0.762. The van der Waals surface area contributed by atoms with E-state index in [2.05, 4.69) is 0 Å². The number of ketones is 1. The van der Waals surface area contributed by atoms with Crippen LogP contribution in [-0.2, 0) is 6.42 Å². The minimum atomic E-state index is -0.924. The second-order valence-corrected chi connectivity index (χ2v) is 5.10. The molecule has 3 heteroatoms. The van der Waals surface area contributed by atoms with E-state index >= 15 is 0 Å². The molecule has 0 aliphatic heterocycles. The molecule has 0 amide bonds. The molecule has 0 unspecified atom stereocenters. The molecule has 0 fully saturated rings. The molecule has 0 aliphatic rings. The van der Waals surface area contributed by atoms with Crippen LogP contribution >= 0.6 is 0 Å². The number of carbonyl (C=O) groups excluding carboxylic acids is 1. The van der Waals surface area contributed by atoms with Crippen LogP contribution in [0, 0.1) is 32.4 Å². The van der Waals surface area contributed by atoms with Crippen LogP contribution in [0.3, 0.4) is 0 Å². The van der Waals surface area contributed by atoms with E-state index in [9.17, 15) is 13.6 Å². The molecule has 1 nitrogen and oxygen atoms in total. The lowest BCUT2D eigenvalue weighted by atomic mass is 9.95. The number of rotatable bonds is 3. The van der Waals surface area contributed by atoms with Crippen molar-refractivity contribution in [3.05, 3.63) is 69.8 Å². The summed E-state index contributed by atoms with van der Waals surface area (Å²) in [7, 11) is 0. The van der Waals surface area contributed by atoms with Crippen molar-refractivity contribution in [3.8, 4) is 0 Å². The summed E-state index contributed by atoms with van der Waals surface area (Å²) in [5.74, 6) is -1.91. The number of Topliss-reactive ketones (excluding diaryl/α,β-unsaturated/α-hetero) is 1. The Morgan fingerprint density at radius 2 is 1.55 bits per heavy atom. The van der Waals surface area contributed by atoms with Gasteiger partial charge < -0.3 is 0 Å². The average molecular weight is 274 g/mol. The Morgan fingerprint density at radius 3 is 2.20 bits per heavy atom. The normalized spacial score (nSPS) is 10.7. The molecule has 2 aromatic carbocycles. The molecule has 0 aromatic heterocycles. The number of aryl methyl sites for hydroxylation is 3. The summed E-state index contributed by atoms with van der Waals surface area (Å²) in [5, 5.41) is 0. The summed E-state index contributed by atoms with van der Waals surface area (Å²) in [5.41, 5.74) is 4.20. The molecular formula is C17H16F2O. The smallest absolute Gasteiger partial charge is 0.167 e. The Morgan fingerprint density at radius 1 is 0.900 bits per heavy atom. The SMILES string of the molecule is Cc1cc(C)c(C(=O)Cc2ccc(F)c(F)c2)cc1C. The monoisotopic (exact) mass is 274 g/mol. The van der Waals surface area contributed by atoms with Crippen molar-refractivity contribution in [2.45, 2.75) is 27.2 Å². The van der Waals surface area contributed by atoms with Gasteiger partial charge in [-0.1, -0.05) is 12.1 Å². The van der Waals surface area contributed by atoms with Gasteiger partial charge in [-0.25, -0.2) is 8.78 Å². The second-order valence-electron chi connectivity index (χ2n) is 5.10. The van der Waals surface area contributed by atoms with Gasteiger partial charge in [0.2, 0.25) is 0 Å². The highest BCUT2D eigenvalue weighted by molar-refractivity contribution is 5.99. The van der Waals surface area contributed by atoms with Crippen molar-refractivity contribution >= 4 is 5.78 Å². The summed E-state index contributed by atoms with van der Waals surface area (Å²) in [6, 6.07) is 7.38. The molecule has 2 rings (SSSR count). The van der Waals surface area contributed by atoms with E-state index in [1.165, 1.54) is 6.07 Å². The molecule has 0 spiro atoms. The zero-order chi connectivity index (χ0) is 14.9. The van der Waals surface area contributed by atoms with Crippen LogP contribution in [0.5, 0.6) is 0 Å². The highest BCUT2D eigenvalue weighted by atomic mass is 19.2. The predicted octanol–water partition coefficient (Wildman–Crippen LogP) is 4.32. The Labute approximate surface area is 117 Å². The Kier molecular flexibility index (Phi) is 3.98. The topological polar surface area (TPSA) is 17.1 Å². The van der Waals surface area contributed by atoms with Crippen molar-refractivity contribution in [1.29, 1.82) is 0 Å². The highest BCUT2D eigenvalue weighted by Gasteiger charge is 2.12. The fourth-order valence-corrected chi connectivity index (χ4v) is 2.19. The average Bonchev–Trinajstić information content (AvgIpc) is 2.38. The Bertz CT molecular complexity index is 675. The van der Waals surface area contributed by atoms with E-state index in [0.717, 1.165) is 28.8 Å². The van der Waals surface area contributed by atoms with E-state index in [1.54, 1.807) is 0 Å². The summed E-state index contributed by atoms with van der Waals surface area (Å²) >= 11 is 0. The molecule has 0 bridgehead atoms. The maximum Gasteiger partial charge on any atom is 0.167 e. The van der Waals surface area contributed by atoms with Crippen LogP contribution in [0.4, 0.5) is 8.78 Å². The fourth-order valence-electron chi connectivity index (χ4n) is 2.19. The van der Waals surface area contributed by atoms with Crippen LogP contribution in [0.25, 0.3) is 0 Å². The number of halogens is 2. The largest absolute Gasteiger partial charge is 0.294 e. The second kappa shape index (κ2) is 5.53. The first-order chi connectivity index (χ1) is 9.38. The molecule has 0 radical (unpaired) electrons. The lowest BCUT2D eigenvalue weighted by molar-refractivity contribution is 0.0992. The molecule has 0 aliphatic carbocycles. The minimum absolute atomic E-state index is 0.0700. The maximum absolute atomic E-state index is 13.1. The van der Waals surface area contributed by atoms with Crippen molar-refractivity contribution in [2.75, 3.05) is 0 Å². The van der Waals surface area contributed by atoms with Crippen LogP contribution < -0.4 is 0 Å². The van der Waals surface area contributed by atoms with Gasteiger partial charge in [0.05, 0.1) is 0 Å². The van der Waals surface area contributed by atoms with Crippen molar-refractivity contribution in [3.63, 3.8) is 0 Å². The maximum atomic E-state index is 13.1. The van der Waals surface area contributed by atoms with E-state index in [-0.39, 0.29) is 12.2 Å². The Hall–Kier alpha value is -2.03. The van der Waals surface area contributed by atoms with E-state index in [1.807, 2.05) is 32.9 Å². The van der Waals surface area contributed by atoms with E-state index < -0.39 is 11.6 Å².